The zero-order valence-electron chi connectivity index (χ0n) is 20.9. The number of rotatable bonds is 5. The van der Waals surface area contributed by atoms with E-state index in [0.717, 1.165) is 18.4 Å². The predicted octanol–water partition coefficient (Wildman–Crippen LogP) is 3.18. The number of Topliss-reactive ketones (excluding diaryl/α,β-unsaturated/α-hetero) is 1. The van der Waals surface area contributed by atoms with Gasteiger partial charge in [0.25, 0.3) is 0 Å². The summed E-state index contributed by atoms with van der Waals surface area (Å²) in [6.45, 7) is 0.965. The van der Waals surface area contributed by atoms with Gasteiger partial charge in [-0.15, -0.1) is 0 Å². The van der Waals surface area contributed by atoms with Gasteiger partial charge < -0.3 is 20.8 Å². The lowest BCUT2D eigenvalue weighted by atomic mass is 9.85. The molecule has 2 saturated heterocycles. The van der Waals surface area contributed by atoms with E-state index in [-0.39, 0.29) is 41.3 Å². The molecule has 0 radical (unpaired) electrons. The Hall–Kier alpha value is -4.31. The first kappa shape index (κ1) is 24.1. The van der Waals surface area contributed by atoms with Crippen LogP contribution < -0.4 is 5.73 Å². The van der Waals surface area contributed by atoms with Crippen molar-refractivity contribution in [2.75, 3.05) is 12.3 Å². The number of aliphatic hydroxyl groups is 1. The van der Waals surface area contributed by atoms with Crippen molar-refractivity contribution in [3.05, 3.63) is 60.0 Å². The van der Waals surface area contributed by atoms with Gasteiger partial charge in [0.1, 0.15) is 23.9 Å². The van der Waals surface area contributed by atoms with Crippen molar-refractivity contribution in [2.45, 2.75) is 50.6 Å². The standard InChI is InChI=1S/C28H28N6O4/c1-15(36)24-26(17-9-19-7-8-20(10-17)33(19)23(38)14-35)32-28-21(13-31-34(28)27(24)29)18-11-22(37)25(30-12-18)16-5-3-2-4-6-16/h2-6,11-13,17,19-20,35,37H,7-10,14,29H2,1H3/t17?,19-,20+. The molecule has 0 spiro atoms. The maximum Gasteiger partial charge on any atom is 0.248 e. The van der Waals surface area contributed by atoms with Crippen LogP contribution >= 0.6 is 0 Å². The molecule has 0 saturated carbocycles. The Bertz CT molecular complexity index is 1550. The zero-order chi connectivity index (χ0) is 26.6. The smallest absolute Gasteiger partial charge is 0.248 e. The summed E-state index contributed by atoms with van der Waals surface area (Å²) in [6.07, 6.45) is 6.27. The number of benzene rings is 1. The van der Waals surface area contributed by atoms with Gasteiger partial charge in [0.2, 0.25) is 5.91 Å². The average molecular weight is 513 g/mol. The molecule has 2 aliphatic rings. The summed E-state index contributed by atoms with van der Waals surface area (Å²) < 4.78 is 1.46. The summed E-state index contributed by atoms with van der Waals surface area (Å²) in [4.78, 5) is 36.3. The number of nitrogens with two attached hydrogens (primary N) is 1. The van der Waals surface area contributed by atoms with Gasteiger partial charge in [0, 0.05) is 40.9 Å². The molecule has 4 aromatic rings. The first-order valence-electron chi connectivity index (χ1n) is 12.7. The average Bonchev–Trinajstić information content (AvgIpc) is 3.46. The van der Waals surface area contributed by atoms with E-state index in [2.05, 4.69) is 10.1 Å². The Morgan fingerprint density at radius 2 is 1.79 bits per heavy atom. The minimum absolute atomic E-state index is 0.00600. The van der Waals surface area contributed by atoms with Crippen LogP contribution in [0.2, 0.25) is 0 Å². The van der Waals surface area contributed by atoms with Crippen LogP contribution in [-0.4, -0.2) is 65.1 Å². The molecule has 10 heteroatoms. The molecule has 2 bridgehead atoms. The summed E-state index contributed by atoms with van der Waals surface area (Å²) in [7, 11) is 0. The van der Waals surface area contributed by atoms with Crippen molar-refractivity contribution in [1.82, 2.24) is 24.5 Å². The van der Waals surface area contributed by atoms with Gasteiger partial charge in [0.05, 0.1) is 17.5 Å². The number of carbonyl (C=O) groups excluding carboxylic acids is 2. The maximum absolute atomic E-state index is 12.8. The molecule has 2 fully saturated rings. The second-order valence-corrected chi connectivity index (χ2v) is 10.1. The fraction of sp³-hybridized carbons (Fsp3) is 0.321. The Morgan fingerprint density at radius 1 is 1.08 bits per heavy atom. The lowest BCUT2D eigenvalue weighted by Crippen LogP contribution is -2.47. The third kappa shape index (κ3) is 3.79. The molecule has 1 aromatic carbocycles. The number of nitrogens with zero attached hydrogens (tertiary/aromatic N) is 5. The van der Waals surface area contributed by atoms with Crippen LogP contribution in [-0.2, 0) is 4.79 Å². The highest BCUT2D eigenvalue weighted by Crippen LogP contribution is 2.44. The van der Waals surface area contributed by atoms with Gasteiger partial charge >= 0.3 is 0 Å². The molecule has 10 nitrogen and oxygen atoms in total. The van der Waals surface area contributed by atoms with Crippen LogP contribution in [0.4, 0.5) is 5.82 Å². The molecule has 4 N–H and O–H groups in total. The number of nitrogen functional groups attached to an aromatic ring is 1. The summed E-state index contributed by atoms with van der Waals surface area (Å²) in [5.41, 5.74) is 10.4. The van der Waals surface area contributed by atoms with E-state index in [4.69, 9.17) is 10.7 Å². The van der Waals surface area contributed by atoms with E-state index in [1.54, 1.807) is 23.4 Å². The molecule has 2 aliphatic heterocycles. The fourth-order valence-corrected chi connectivity index (χ4v) is 6.20. The van der Waals surface area contributed by atoms with Gasteiger partial charge in [-0.05, 0) is 38.7 Å². The summed E-state index contributed by atoms with van der Waals surface area (Å²) in [6, 6.07) is 11.0. The number of aromatic nitrogens is 4. The van der Waals surface area contributed by atoms with Crippen LogP contribution in [0.15, 0.2) is 48.8 Å². The molecule has 3 atom stereocenters. The first-order valence-corrected chi connectivity index (χ1v) is 12.7. The van der Waals surface area contributed by atoms with Crippen molar-refractivity contribution in [3.63, 3.8) is 0 Å². The molecule has 0 aliphatic carbocycles. The minimum atomic E-state index is -0.503. The topological polar surface area (TPSA) is 147 Å². The summed E-state index contributed by atoms with van der Waals surface area (Å²) in [5.74, 6) is -0.287. The Kier molecular flexibility index (Phi) is 5.83. The summed E-state index contributed by atoms with van der Waals surface area (Å²) in [5, 5.41) is 24.6. The van der Waals surface area contributed by atoms with E-state index in [9.17, 15) is 19.8 Å². The number of anilines is 1. The number of hydrogen-bond donors (Lipinski definition) is 3. The lowest BCUT2D eigenvalue weighted by Gasteiger charge is -2.39. The van der Waals surface area contributed by atoms with Crippen molar-refractivity contribution >= 4 is 23.2 Å². The Morgan fingerprint density at radius 3 is 2.42 bits per heavy atom. The third-order valence-electron chi connectivity index (χ3n) is 7.83. The van der Waals surface area contributed by atoms with Gasteiger partial charge in [-0.2, -0.15) is 9.61 Å². The van der Waals surface area contributed by atoms with Gasteiger partial charge in [0.15, 0.2) is 11.4 Å². The van der Waals surface area contributed by atoms with Crippen LogP contribution in [0.1, 0.15) is 54.6 Å². The van der Waals surface area contributed by atoms with Crippen molar-refractivity contribution in [2.24, 2.45) is 0 Å². The quantitative estimate of drug-likeness (QED) is 0.346. The molecule has 194 valence electrons. The van der Waals surface area contributed by atoms with E-state index in [1.165, 1.54) is 11.4 Å². The van der Waals surface area contributed by atoms with Crippen LogP contribution in [0.3, 0.4) is 0 Å². The van der Waals surface area contributed by atoms with Gasteiger partial charge in [-0.1, -0.05) is 30.3 Å². The number of fused-ring (bicyclic) bond motifs is 3. The molecular formula is C28H28N6O4. The molecule has 3 aromatic heterocycles. The second kappa shape index (κ2) is 9.21. The third-order valence-corrected chi connectivity index (χ3v) is 7.83. The number of pyridine rings is 1. The number of aliphatic hydroxyl groups excluding tert-OH is 1. The van der Waals surface area contributed by atoms with Gasteiger partial charge in [-0.3, -0.25) is 14.6 Å². The SMILES string of the molecule is CC(=O)c1c(C2C[C@H]3CC[C@@H](C2)N3C(=O)CO)nc2c(-c3cnc(-c4ccccc4)c(O)c3)cnn2c1N. The monoisotopic (exact) mass is 512 g/mol. The Balaban J connectivity index is 1.43. The minimum Gasteiger partial charge on any atom is -0.506 e. The molecule has 38 heavy (non-hydrogen) atoms. The van der Waals surface area contributed by atoms with Crippen molar-refractivity contribution in [1.29, 1.82) is 0 Å². The summed E-state index contributed by atoms with van der Waals surface area (Å²) >= 11 is 0. The van der Waals surface area contributed by atoms with E-state index in [1.807, 2.05) is 30.3 Å². The largest absolute Gasteiger partial charge is 0.506 e. The van der Waals surface area contributed by atoms with E-state index < -0.39 is 6.61 Å². The fourth-order valence-electron chi connectivity index (χ4n) is 6.20. The Labute approximate surface area is 218 Å². The normalized spacial score (nSPS) is 20.7. The second-order valence-electron chi connectivity index (χ2n) is 10.1. The zero-order valence-corrected chi connectivity index (χ0v) is 20.9. The number of carbonyl (C=O) groups is 2. The van der Waals surface area contributed by atoms with Crippen molar-refractivity contribution < 1.29 is 19.8 Å². The van der Waals surface area contributed by atoms with Crippen LogP contribution in [0.5, 0.6) is 5.75 Å². The maximum atomic E-state index is 12.8. The van der Waals surface area contributed by atoms with Crippen molar-refractivity contribution in [3.8, 4) is 28.1 Å². The number of piperidine rings is 1. The highest BCUT2D eigenvalue weighted by Gasteiger charge is 2.44. The number of hydrogen-bond acceptors (Lipinski definition) is 8. The first-order chi connectivity index (χ1) is 18.4. The van der Waals surface area contributed by atoms with Crippen LogP contribution in [0, 0.1) is 0 Å². The highest BCUT2D eigenvalue weighted by atomic mass is 16.3. The number of ketones is 1. The molecular weight excluding hydrogens is 484 g/mol. The molecule has 1 amide bonds. The van der Waals surface area contributed by atoms with Gasteiger partial charge in [-0.25, -0.2) is 4.98 Å². The highest BCUT2D eigenvalue weighted by molar-refractivity contribution is 6.00. The van der Waals surface area contributed by atoms with Crippen LogP contribution in [0.25, 0.3) is 28.0 Å². The molecule has 6 rings (SSSR count). The van der Waals surface area contributed by atoms with E-state index >= 15 is 0 Å². The number of aromatic hydroxyl groups is 1. The molecule has 1 unspecified atom stereocenters. The number of amides is 1. The predicted molar refractivity (Wildman–Crippen MR) is 140 cm³/mol. The molecule has 5 heterocycles. The lowest BCUT2D eigenvalue weighted by molar-refractivity contribution is -0.138. The van der Waals surface area contributed by atoms with E-state index in [0.29, 0.717) is 46.6 Å².